The first-order valence-corrected chi connectivity index (χ1v) is 6.63. The molecular weight excluding hydrogens is 316 g/mol. The number of ether oxygens (including phenoxy) is 2. The Morgan fingerprint density at radius 1 is 0.792 bits per heavy atom. The second kappa shape index (κ2) is 8.28. The molecule has 0 aromatic heterocycles. The minimum atomic E-state index is -0.996. The standard InChI is InChI=1S/2C8H9NO3/c2*1-12-7-3-2-5(8(10)11)4-6(7)9/h2*2-4H,9H2,1H3,(H,10,11). The maximum absolute atomic E-state index is 10.5. The van der Waals surface area contributed by atoms with Crippen LogP contribution in [0.25, 0.3) is 0 Å². The monoisotopic (exact) mass is 334 g/mol. The lowest BCUT2D eigenvalue weighted by atomic mass is 10.2. The van der Waals surface area contributed by atoms with Crippen LogP contribution in [0.5, 0.6) is 11.5 Å². The molecule has 0 heterocycles. The Labute approximate surface area is 138 Å². The predicted octanol–water partition coefficient (Wildman–Crippen LogP) is 1.95. The molecule has 0 fully saturated rings. The van der Waals surface area contributed by atoms with Gasteiger partial charge in [-0.3, -0.25) is 0 Å². The molecule has 0 aliphatic carbocycles. The Hall–Kier alpha value is -3.42. The number of nitrogen functional groups attached to an aromatic ring is 2. The smallest absolute Gasteiger partial charge is 0.335 e. The number of nitrogens with two attached hydrogens (primary N) is 2. The average molecular weight is 334 g/mol. The van der Waals surface area contributed by atoms with Crippen molar-refractivity contribution in [3.8, 4) is 11.5 Å². The number of carbonyl (C=O) groups is 2. The highest BCUT2D eigenvalue weighted by atomic mass is 16.5. The fourth-order valence-electron chi connectivity index (χ4n) is 1.73. The molecule has 0 amide bonds. The van der Waals surface area contributed by atoms with E-state index >= 15 is 0 Å². The maximum Gasteiger partial charge on any atom is 0.335 e. The van der Waals surface area contributed by atoms with E-state index in [-0.39, 0.29) is 11.1 Å². The van der Waals surface area contributed by atoms with Gasteiger partial charge in [-0.15, -0.1) is 0 Å². The molecule has 0 aliphatic rings. The molecule has 0 saturated heterocycles. The lowest BCUT2D eigenvalue weighted by Gasteiger charge is -2.03. The second-order valence-corrected chi connectivity index (χ2v) is 4.52. The van der Waals surface area contributed by atoms with Crippen molar-refractivity contribution in [2.75, 3.05) is 25.7 Å². The summed E-state index contributed by atoms with van der Waals surface area (Å²) in [6.45, 7) is 0. The molecule has 0 radical (unpaired) electrons. The minimum Gasteiger partial charge on any atom is -0.495 e. The van der Waals surface area contributed by atoms with Gasteiger partial charge in [-0.2, -0.15) is 0 Å². The highest BCUT2D eigenvalue weighted by Crippen LogP contribution is 2.22. The molecule has 0 atom stereocenters. The number of rotatable bonds is 4. The summed E-state index contributed by atoms with van der Waals surface area (Å²) in [5, 5.41) is 17.2. The molecule has 8 heteroatoms. The second-order valence-electron chi connectivity index (χ2n) is 4.52. The highest BCUT2D eigenvalue weighted by molar-refractivity contribution is 5.89. The fraction of sp³-hybridized carbons (Fsp3) is 0.125. The van der Waals surface area contributed by atoms with Crippen LogP contribution < -0.4 is 20.9 Å². The van der Waals surface area contributed by atoms with Gasteiger partial charge in [0.15, 0.2) is 0 Å². The molecule has 2 rings (SSSR count). The molecule has 0 spiro atoms. The molecule has 128 valence electrons. The number of benzene rings is 2. The van der Waals surface area contributed by atoms with Gasteiger partial charge in [0.25, 0.3) is 0 Å². The zero-order valence-corrected chi connectivity index (χ0v) is 13.1. The number of carboxylic acid groups (broad SMARTS) is 2. The van der Waals surface area contributed by atoms with Gasteiger partial charge in [0.05, 0.1) is 36.7 Å². The first-order chi connectivity index (χ1) is 11.3. The molecule has 0 aliphatic heterocycles. The SMILES string of the molecule is COc1ccc(C(=O)O)cc1N.COc1ccc(C(=O)O)cc1N. The van der Waals surface area contributed by atoms with Crippen molar-refractivity contribution >= 4 is 23.3 Å². The van der Waals surface area contributed by atoms with Gasteiger partial charge in [-0.1, -0.05) is 0 Å². The molecule has 24 heavy (non-hydrogen) atoms. The Bertz CT molecular complexity index is 682. The van der Waals surface area contributed by atoms with E-state index in [1.54, 1.807) is 0 Å². The van der Waals surface area contributed by atoms with Gasteiger partial charge in [-0.25, -0.2) is 9.59 Å². The third-order valence-electron chi connectivity index (χ3n) is 2.95. The molecule has 0 bridgehead atoms. The number of hydrogen-bond acceptors (Lipinski definition) is 6. The fourth-order valence-corrected chi connectivity index (χ4v) is 1.73. The van der Waals surface area contributed by atoms with E-state index in [1.807, 2.05) is 0 Å². The topological polar surface area (TPSA) is 145 Å². The third kappa shape index (κ3) is 4.80. The van der Waals surface area contributed by atoms with Crippen molar-refractivity contribution in [2.24, 2.45) is 0 Å². The van der Waals surface area contributed by atoms with E-state index in [1.165, 1.54) is 50.6 Å². The lowest BCUT2D eigenvalue weighted by Crippen LogP contribution is -1.99. The summed E-state index contributed by atoms with van der Waals surface area (Å²) in [6, 6.07) is 8.66. The van der Waals surface area contributed by atoms with E-state index in [9.17, 15) is 9.59 Å². The normalized spacial score (nSPS) is 9.42. The molecule has 2 aromatic carbocycles. The van der Waals surface area contributed by atoms with Gasteiger partial charge >= 0.3 is 11.9 Å². The van der Waals surface area contributed by atoms with Crippen LogP contribution in [0.2, 0.25) is 0 Å². The van der Waals surface area contributed by atoms with Crippen molar-refractivity contribution in [3.63, 3.8) is 0 Å². The quantitative estimate of drug-likeness (QED) is 0.621. The van der Waals surface area contributed by atoms with E-state index in [2.05, 4.69) is 0 Å². The van der Waals surface area contributed by atoms with Crippen LogP contribution in [0.1, 0.15) is 20.7 Å². The molecule has 6 N–H and O–H groups in total. The van der Waals surface area contributed by atoms with E-state index < -0.39 is 11.9 Å². The molecule has 0 saturated carbocycles. The number of hydrogen-bond donors (Lipinski definition) is 4. The van der Waals surface area contributed by atoms with Gasteiger partial charge in [-0.05, 0) is 36.4 Å². The van der Waals surface area contributed by atoms with Crippen molar-refractivity contribution in [3.05, 3.63) is 47.5 Å². The van der Waals surface area contributed by atoms with Crippen LogP contribution in [-0.4, -0.2) is 36.4 Å². The molecular formula is C16H18N2O6. The van der Waals surface area contributed by atoms with E-state index in [4.69, 9.17) is 31.2 Å². The minimum absolute atomic E-state index is 0.160. The van der Waals surface area contributed by atoms with E-state index in [0.29, 0.717) is 22.9 Å². The van der Waals surface area contributed by atoms with Crippen LogP contribution in [0.15, 0.2) is 36.4 Å². The summed E-state index contributed by atoms with van der Waals surface area (Å²) in [6.07, 6.45) is 0. The summed E-state index contributed by atoms with van der Waals surface area (Å²) >= 11 is 0. The maximum atomic E-state index is 10.5. The molecule has 8 nitrogen and oxygen atoms in total. The van der Waals surface area contributed by atoms with E-state index in [0.717, 1.165) is 0 Å². The van der Waals surface area contributed by atoms with Crippen LogP contribution in [0.4, 0.5) is 11.4 Å². The largest absolute Gasteiger partial charge is 0.495 e. The van der Waals surface area contributed by atoms with Crippen LogP contribution in [0.3, 0.4) is 0 Å². The summed E-state index contributed by atoms with van der Waals surface area (Å²) in [4.78, 5) is 20.9. The Morgan fingerprint density at radius 2 is 1.12 bits per heavy atom. The Kier molecular flexibility index (Phi) is 6.42. The van der Waals surface area contributed by atoms with Gasteiger partial charge < -0.3 is 31.2 Å². The van der Waals surface area contributed by atoms with Crippen molar-refractivity contribution in [1.29, 1.82) is 0 Å². The predicted molar refractivity (Wildman–Crippen MR) is 88.7 cm³/mol. The Balaban J connectivity index is 0.000000240. The molecule has 2 aromatic rings. The van der Waals surface area contributed by atoms with Crippen molar-refractivity contribution < 1.29 is 29.3 Å². The highest BCUT2D eigenvalue weighted by Gasteiger charge is 2.06. The van der Waals surface area contributed by atoms with Crippen molar-refractivity contribution in [1.82, 2.24) is 0 Å². The first-order valence-electron chi connectivity index (χ1n) is 6.63. The van der Waals surface area contributed by atoms with Crippen LogP contribution in [-0.2, 0) is 0 Å². The third-order valence-corrected chi connectivity index (χ3v) is 2.95. The van der Waals surface area contributed by atoms with Crippen molar-refractivity contribution in [2.45, 2.75) is 0 Å². The van der Waals surface area contributed by atoms with Crippen LogP contribution >= 0.6 is 0 Å². The number of aromatic carboxylic acids is 2. The average Bonchev–Trinajstić information content (AvgIpc) is 2.55. The number of methoxy groups -OCH3 is 2. The zero-order valence-electron chi connectivity index (χ0n) is 13.1. The van der Waals surface area contributed by atoms with Gasteiger partial charge in [0.1, 0.15) is 11.5 Å². The van der Waals surface area contributed by atoms with Gasteiger partial charge in [0.2, 0.25) is 0 Å². The Morgan fingerprint density at radius 3 is 1.33 bits per heavy atom. The summed E-state index contributed by atoms with van der Waals surface area (Å²) in [7, 11) is 2.96. The van der Waals surface area contributed by atoms with Gasteiger partial charge in [0, 0.05) is 0 Å². The first kappa shape index (κ1) is 18.6. The summed E-state index contributed by atoms with van der Waals surface area (Å²) < 4.78 is 9.72. The zero-order chi connectivity index (χ0) is 18.3. The molecule has 0 unspecified atom stereocenters. The lowest BCUT2D eigenvalue weighted by molar-refractivity contribution is 0.0686. The van der Waals surface area contributed by atoms with Crippen LogP contribution in [0, 0.1) is 0 Å². The number of carboxylic acids is 2. The summed E-state index contributed by atoms with van der Waals surface area (Å²) in [5.74, 6) is -1.02. The number of anilines is 2. The summed E-state index contributed by atoms with van der Waals surface area (Å²) in [5.41, 5.74) is 11.9.